The Morgan fingerprint density at radius 3 is 3.08 bits per heavy atom. The number of hydrogen-bond acceptors (Lipinski definition) is 1. The summed E-state index contributed by atoms with van der Waals surface area (Å²) in [6, 6.07) is 0. The predicted octanol–water partition coefficient (Wildman–Crippen LogP) is 2.62. The summed E-state index contributed by atoms with van der Waals surface area (Å²) >= 11 is 0. The van der Waals surface area contributed by atoms with E-state index in [4.69, 9.17) is 4.74 Å². The Labute approximate surface area is 80.2 Å². The monoisotopic (exact) mass is 178 g/mol. The van der Waals surface area contributed by atoms with Gasteiger partial charge in [0.25, 0.3) is 0 Å². The molecule has 13 heavy (non-hydrogen) atoms. The lowest BCUT2D eigenvalue weighted by molar-refractivity contribution is 0.00243. The van der Waals surface area contributed by atoms with Crippen LogP contribution in [0.25, 0.3) is 0 Å². The zero-order valence-electron chi connectivity index (χ0n) is 8.28. The van der Waals surface area contributed by atoms with Gasteiger partial charge in [-0.05, 0) is 49.9 Å². The molecule has 3 aliphatic rings. The third-order valence-electron chi connectivity index (χ3n) is 4.33. The van der Waals surface area contributed by atoms with E-state index >= 15 is 0 Å². The molecule has 72 valence electrons. The van der Waals surface area contributed by atoms with Gasteiger partial charge in [-0.2, -0.15) is 0 Å². The first-order valence-electron chi connectivity index (χ1n) is 5.68. The van der Waals surface area contributed by atoms with E-state index < -0.39 is 0 Å². The van der Waals surface area contributed by atoms with Gasteiger partial charge in [-0.3, -0.25) is 0 Å². The molecule has 3 aliphatic carbocycles. The first-order chi connectivity index (χ1) is 6.40. The van der Waals surface area contributed by atoms with Crippen molar-refractivity contribution in [1.82, 2.24) is 0 Å². The maximum Gasteiger partial charge on any atom is 0.0611 e. The van der Waals surface area contributed by atoms with Gasteiger partial charge in [0, 0.05) is 6.61 Å². The van der Waals surface area contributed by atoms with Crippen LogP contribution in [0.1, 0.15) is 26.2 Å². The Morgan fingerprint density at radius 2 is 2.23 bits per heavy atom. The van der Waals surface area contributed by atoms with Crippen LogP contribution in [-0.2, 0) is 4.74 Å². The van der Waals surface area contributed by atoms with Gasteiger partial charge in [0.1, 0.15) is 0 Å². The fourth-order valence-electron chi connectivity index (χ4n) is 3.89. The molecule has 0 aromatic carbocycles. The van der Waals surface area contributed by atoms with Gasteiger partial charge in [0.15, 0.2) is 0 Å². The second-order valence-electron chi connectivity index (χ2n) is 4.79. The van der Waals surface area contributed by atoms with Crippen LogP contribution in [0.3, 0.4) is 0 Å². The molecule has 5 unspecified atom stereocenters. The summed E-state index contributed by atoms with van der Waals surface area (Å²) in [5.41, 5.74) is 0. The number of fused-ring (bicyclic) bond motifs is 5. The summed E-state index contributed by atoms with van der Waals surface area (Å²) < 4.78 is 5.81. The molecule has 0 N–H and O–H groups in total. The average molecular weight is 178 g/mol. The molecule has 0 radical (unpaired) electrons. The summed E-state index contributed by atoms with van der Waals surface area (Å²) in [5.74, 6) is 3.74. The van der Waals surface area contributed by atoms with Crippen molar-refractivity contribution in [1.29, 1.82) is 0 Å². The van der Waals surface area contributed by atoms with Crippen molar-refractivity contribution in [2.45, 2.75) is 32.3 Å². The molecule has 0 saturated heterocycles. The van der Waals surface area contributed by atoms with Gasteiger partial charge in [-0.25, -0.2) is 0 Å². The molecule has 1 heteroatoms. The molecule has 2 fully saturated rings. The van der Waals surface area contributed by atoms with Gasteiger partial charge in [0.2, 0.25) is 0 Å². The zero-order chi connectivity index (χ0) is 8.84. The van der Waals surface area contributed by atoms with E-state index in [1.54, 1.807) is 0 Å². The molecular weight excluding hydrogens is 160 g/mol. The molecule has 0 aromatic heterocycles. The third-order valence-corrected chi connectivity index (χ3v) is 4.33. The third kappa shape index (κ3) is 1.03. The van der Waals surface area contributed by atoms with Gasteiger partial charge in [0.05, 0.1) is 6.10 Å². The molecule has 0 amide bonds. The minimum Gasteiger partial charge on any atom is -0.378 e. The summed E-state index contributed by atoms with van der Waals surface area (Å²) in [4.78, 5) is 0. The quantitative estimate of drug-likeness (QED) is 0.591. The molecule has 2 saturated carbocycles. The van der Waals surface area contributed by atoms with E-state index in [0.29, 0.717) is 6.10 Å². The largest absolute Gasteiger partial charge is 0.378 e. The van der Waals surface area contributed by atoms with E-state index in [1.807, 2.05) is 0 Å². The smallest absolute Gasteiger partial charge is 0.0611 e. The van der Waals surface area contributed by atoms with Crippen LogP contribution < -0.4 is 0 Å². The van der Waals surface area contributed by atoms with Gasteiger partial charge in [-0.1, -0.05) is 12.2 Å². The summed E-state index contributed by atoms with van der Waals surface area (Å²) in [7, 11) is 0. The lowest BCUT2D eigenvalue weighted by atomic mass is 9.80. The van der Waals surface area contributed by atoms with E-state index in [2.05, 4.69) is 19.1 Å². The summed E-state index contributed by atoms with van der Waals surface area (Å²) in [6.45, 7) is 3.02. The number of hydrogen-bond donors (Lipinski definition) is 0. The van der Waals surface area contributed by atoms with Crippen molar-refractivity contribution in [2.75, 3.05) is 6.61 Å². The van der Waals surface area contributed by atoms with E-state index in [0.717, 1.165) is 30.3 Å². The summed E-state index contributed by atoms with van der Waals surface area (Å²) in [5, 5.41) is 0. The van der Waals surface area contributed by atoms with Crippen molar-refractivity contribution in [3.05, 3.63) is 12.2 Å². The lowest BCUT2D eigenvalue weighted by Crippen LogP contribution is -2.30. The standard InChI is InChI=1S/C12H18O/c1-2-13-12-7-8-6-11(12)10-5-3-4-9(8)10/h3,5,8-12H,2,4,6-7H2,1H3. The van der Waals surface area contributed by atoms with Gasteiger partial charge in [-0.15, -0.1) is 0 Å². The zero-order valence-corrected chi connectivity index (χ0v) is 8.28. The Hall–Kier alpha value is -0.300. The van der Waals surface area contributed by atoms with Crippen molar-refractivity contribution >= 4 is 0 Å². The fraction of sp³-hybridized carbons (Fsp3) is 0.833. The average Bonchev–Trinajstić information content (AvgIpc) is 2.72. The van der Waals surface area contributed by atoms with Crippen molar-refractivity contribution in [3.8, 4) is 0 Å². The Kier molecular flexibility index (Phi) is 1.76. The second kappa shape index (κ2) is 2.84. The Balaban J connectivity index is 1.77. The fourth-order valence-corrected chi connectivity index (χ4v) is 3.89. The van der Waals surface area contributed by atoms with Gasteiger partial charge < -0.3 is 4.74 Å². The molecule has 0 spiro atoms. The number of allylic oxidation sites excluding steroid dienone is 2. The van der Waals surface area contributed by atoms with Crippen LogP contribution >= 0.6 is 0 Å². The lowest BCUT2D eigenvalue weighted by Gasteiger charge is -2.30. The molecule has 5 atom stereocenters. The highest BCUT2D eigenvalue weighted by Gasteiger charge is 2.52. The van der Waals surface area contributed by atoms with Crippen molar-refractivity contribution in [3.63, 3.8) is 0 Å². The summed E-state index contributed by atoms with van der Waals surface area (Å²) in [6.07, 6.45) is 9.60. The molecule has 1 nitrogen and oxygen atoms in total. The Bertz CT molecular complexity index is 233. The molecule has 0 aromatic rings. The molecule has 0 aliphatic heterocycles. The van der Waals surface area contributed by atoms with Crippen LogP contribution in [-0.4, -0.2) is 12.7 Å². The Morgan fingerprint density at radius 1 is 1.31 bits per heavy atom. The predicted molar refractivity (Wildman–Crippen MR) is 52.4 cm³/mol. The van der Waals surface area contributed by atoms with E-state index in [-0.39, 0.29) is 0 Å². The molecule has 2 bridgehead atoms. The highest BCUT2D eigenvalue weighted by Crippen LogP contribution is 2.57. The van der Waals surface area contributed by atoms with E-state index in [9.17, 15) is 0 Å². The maximum atomic E-state index is 5.81. The first-order valence-corrected chi connectivity index (χ1v) is 5.68. The minimum atomic E-state index is 0.596. The van der Waals surface area contributed by atoms with Crippen LogP contribution in [0.15, 0.2) is 12.2 Å². The van der Waals surface area contributed by atoms with Gasteiger partial charge >= 0.3 is 0 Å². The van der Waals surface area contributed by atoms with Crippen LogP contribution in [0.2, 0.25) is 0 Å². The van der Waals surface area contributed by atoms with Crippen molar-refractivity contribution in [2.24, 2.45) is 23.7 Å². The van der Waals surface area contributed by atoms with Crippen LogP contribution in [0.4, 0.5) is 0 Å². The highest BCUT2D eigenvalue weighted by molar-refractivity contribution is 5.14. The normalized spacial score (nSPS) is 51.6. The van der Waals surface area contributed by atoms with Crippen LogP contribution in [0.5, 0.6) is 0 Å². The SMILES string of the molecule is CCOC1CC2CC1C1C=CCC21. The maximum absolute atomic E-state index is 5.81. The molecule has 0 heterocycles. The molecule has 3 rings (SSSR count). The number of ether oxygens (including phenoxy) is 1. The molecular formula is C12H18O. The van der Waals surface area contributed by atoms with Crippen molar-refractivity contribution < 1.29 is 4.74 Å². The first kappa shape index (κ1) is 8.05. The minimum absolute atomic E-state index is 0.596. The highest BCUT2D eigenvalue weighted by atomic mass is 16.5. The number of rotatable bonds is 2. The van der Waals surface area contributed by atoms with Crippen LogP contribution in [0, 0.1) is 23.7 Å². The second-order valence-corrected chi connectivity index (χ2v) is 4.79. The van der Waals surface area contributed by atoms with E-state index in [1.165, 1.54) is 19.3 Å². The topological polar surface area (TPSA) is 9.23 Å².